The number of aromatic nitrogens is 3. The summed E-state index contributed by atoms with van der Waals surface area (Å²) in [4.78, 5) is 17.3. The zero-order valence-electron chi connectivity index (χ0n) is 19.9. The van der Waals surface area contributed by atoms with E-state index in [-0.39, 0.29) is 0 Å². The van der Waals surface area contributed by atoms with E-state index >= 15 is 0 Å². The van der Waals surface area contributed by atoms with Crippen molar-refractivity contribution >= 4 is 23.4 Å². The van der Waals surface area contributed by atoms with Crippen LogP contribution in [0.5, 0.6) is 0 Å². The Morgan fingerprint density at radius 1 is 0.971 bits per heavy atom. The van der Waals surface area contributed by atoms with Crippen LogP contribution in [0.2, 0.25) is 0 Å². The molecule has 34 heavy (non-hydrogen) atoms. The lowest BCUT2D eigenvalue weighted by molar-refractivity contribution is 0.0347. The molecule has 5 heterocycles. The third kappa shape index (κ3) is 3.59. The van der Waals surface area contributed by atoms with E-state index in [0.717, 1.165) is 56.0 Å². The van der Waals surface area contributed by atoms with E-state index < -0.39 is 0 Å². The average Bonchev–Trinajstić information content (AvgIpc) is 3.50. The predicted molar refractivity (Wildman–Crippen MR) is 137 cm³/mol. The Labute approximate surface area is 201 Å². The Hall–Kier alpha value is -2.86. The smallest absolute Gasteiger partial charge is 0.138 e. The van der Waals surface area contributed by atoms with Gasteiger partial charge < -0.3 is 9.80 Å². The zero-order chi connectivity index (χ0) is 22.5. The van der Waals surface area contributed by atoms with E-state index in [1.165, 1.54) is 55.8 Å². The first-order valence-electron chi connectivity index (χ1n) is 13.2. The van der Waals surface area contributed by atoms with Gasteiger partial charge in [0, 0.05) is 51.2 Å². The van der Waals surface area contributed by atoms with Gasteiger partial charge in [-0.3, -0.25) is 9.30 Å². The molecule has 2 aliphatic heterocycles. The highest BCUT2D eigenvalue weighted by Gasteiger charge is 2.41. The number of fused-ring (bicyclic) bond motifs is 3. The molecule has 1 saturated carbocycles. The summed E-state index contributed by atoms with van der Waals surface area (Å²) < 4.78 is 2.19. The largest absolute Gasteiger partial charge is 0.354 e. The Kier molecular flexibility index (Phi) is 5.08. The third-order valence-electron chi connectivity index (χ3n) is 8.68. The molecule has 4 aliphatic rings. The van der Waals surface area contributed by atoms with Crippen molar-refractivity contribution < 1.29 is 0 Å². The Bertz CT molecular complexity index is 1210. The molecule has 0 N–H and O–H groups in total. The van der Waals surface area contributed by atoms with Crippen LogP contribution in [0.15, 0.2) is 48.8 Å². The first-order valence-corrected chi connectivity index (χ1v) is 13.2. The van der Waals surface area contributed by atoms with Crippen molar-refractivity contribution in [3.8, 4) is 0 Å². The maximum absolute atomic E-state index is 5.17. The van der Waals surface area contributed by atoms with E-state index in [1.807, 2.05) is 6.20 Å². The number of hydrogen-bond donors (Lipinski definition) is 0. The van der Waals surface area contributed by atoms with E-state index in [4.69, 9.17) is 4.98 Å². The fourth-order valence-corrected chi connectivity index (χ4v) is 6.70. The molecule has 0 amide bonds. The number of pyridine rings is 2. The van der Waals surface area contributed by atoms with E-state index in [2.05, 4.69) is 72.8 Å². The minimum Gasteiger partial charge on any atom is -0.354 e. The zero-order valence-corrected chi connectivity index (χ0v) is 19.9. The standard InChI is InChI=1S/C28H34N6/c1-3-23-20-33(25(23)4-1)13-11-21-7-8-22-9-10-27(30-24(22)19-21)31-15-17-32(18-16-31)28-6-2-5-26-29-12-14-34(26)28/h2,5-10,12,14,21,23,25H,1,3-4,11,13,15-20H2. The van der Waals surface area contributed by atoms with Gasteiger partial charge in [-0.2, -0.15) is 0 Å². The van der Waals surface area contributed by atoms with Crippen LogP contribution in [0.4, 0.5) is 11.6 Å². The molecule has 0 bridgehead atoms. The van der Waals surface area contributed by atoms with Crippen LogP contribution >= 0.6 is 0 Å². The van der Waals surface area contributed by atoms with Crippen molar-refractivity contribution in [3.63, 3.8) is 0 Å². The van der Waals surface area contributed by atoms with Crippen molar-refractivity contribution in [2.75, 3.05) is 49.1 Å². The molecule has 2 aliphatic carbocycles. The second kappa shape index (κ2) is 8.42. The van der Waals surface area contributed by atoms with Gasteiger partial charge in [0.2, 0.25) is 0 Å². The number of hydrogen-bond acceptors (Lipinski definition) is 5. The molecule has 3 aromatic heterocycles. The molecule has 0 aromatic carbocycles. The van der Waals surface area contributed by atoms with Crippen LogP contribution in [0, 0.1) is 11.8 Å². The molecule has 6 nitrogen and oxygen atoms in total. The Morgan fingerprint density at radius 3 is 2.79 bits per heavy atom. The molecule has 7 rings (SSSR count). The van der Waals surface area contributed by atoms with Gasteiger partial charge in [-0.05, 0) is 73.9 Å². The molecular formula is C28H34N6. The third-order valence-corrected chi connectivity index (χ3v) is 8.68. The number of imidazole rings is 1. The molecule has 176 valence electrons. The van der Waals surface area contributed by atoms with Gasteiger partial charge in [0.1, 0.15) is 17.3 Å². The van der Waals surface area contributed by atoms with Gasteiger partial charge in [0.05, 0.1) is 5.69 Å². The average molecular weight is 455 g/mol. The lowest BCUT2D eigenvalue weighted by Gasteiger charge is -2.45. The Morgan fingerprint density at radius 2 is 1.88 bits per heavy atom. The summed E-state index contributed by atoms with van der Waals surface area (Å²) >= 11 is 0. The summed E-state index contributed by atoms with van der Waals surface area (Å²) in [6.45, 7) is 6.59. The molecule has 3 atom stereocenters. The van der Waals surface area contributed by atoms with E-state index in [1.54, 1.807) is 0 Å². The van der Waals surface area contributed by atoms with Crippen molar-refractivity contribution in [3.05, 3.63) is 60.1 Å². The fourth-order valence-electron chi connectivity index (χ4n) is 6.70. The maximum Gasteiger partial charge on any atom is 0.138 e. The van der Waals surface area contributed by atoms with Gasteiger partial charge in [0.25, 0.3) is 0 Å². The van der Waals surface area contributed by atoms with Crippen LogP contribution in [0.1, 0.15) is 36.9 Å². The SMILES string of the molecule is C1=CC(CCN2CC3CCCC32)Cc2nc(N3CCN(c4cccc5nccn45)CC3)ccc21. The lowest BCUT2D eigenvalue weighted by Crippen LogP contribution is -2.53. The quantitative estimate of drug-likeness (QED) is 0.580. The van der Waals surface area contributed by atoms with E-state index in [9.17, 15) is 0 Å². The van der Waals surface area contributed by atoms with Gasteiger partial charge in [0.15, 0.2) is 0 Å². The van der Waals surface area contributed by atoms with Gasteiger partial charge in [-0.1, -0.05) is 24.6 Å². The fraction of sp³-hybridized carbons (Fsp3) is 0.500. The molecule has 0 radical (unpaired) electrons. The summed E-state index contributed by atoms with van der Waals surface area (Å²) in [6.07, 6.45) is 15.4. The van der Waals surface area contributed by atoms with Crippen LogP contribution < -0.4 is 9.80 Å². The number of piperazine rings is 1. The molecule has 2 saturated heterocycles. The molecule has 3 aromatic rings. The number of likely N-dealkylation sites (tertiary alicyclic amines) is 1. The highest BCUT2D eigenvalue weighted by Crippen LogP contribution is 2.39. The molecule has 6 heteroatoms. The predicted octanol–water partition coefficient (Wildman–Crippen LogP) is 4.12. The number of rotatable bonds is 5. The lowest BCUT2D eigenvalue weighted by atomic mass is 9.88. The van der Waals surface area contributed by atoms with E-state index in [0.29, 0.717) is 5.92 Å². The van der Waals surface area contributed by atoms with Crippen LogP contribution in [0.25, 0.3) is 11.7 Å². The molecule has 0 spiro atoms. The van der Waals surface area contributed by atoms with Gasteiger partial charge >= 0.3 is 0 Å². The van der Waals surface area contributed by atoms with Crippen molar-refractivity contribution in [1.29, 1.82) is 0 Å². The minimum absolute atomic E-state index is 0.628. The highest BCUT2D eigenvalue weighted by atomic mass is 15.3. The molecular weight excluding hydrogens is 420 g/mol. The first kappa shape index (κ1) is 20.5. The molecule has 3 unspecified atom stereocenters. The Balaban J connectivity index is 0.987. The van der Waals surface area contributed by atoms with Gasteiger partial charge in [-0.15, -0.1) is 0 Å². The normalized spacial score (nSPS) is 26.5. The highest BCUT2D eigenvalue weighted by molar-refractivity contribution is 5.58. The summed E-state index contributed by atoms with van der Waals surface area (Å²) in [6, 6.07) is 11.8. The van der Waals surface area contributed by atoms with Crippen LogP contribution in [-0.4, -0.2) is 64.6 Å². The van der Waals surface area contributed by atoms with Crippen molar-refractivity contribution in [1.82, 2.24) is 19.3 Å². The summed E-state index contributed by atoms with van der Waals surface area (Å²) in [7, 11) is 0. The second-order valence-electron chi connectivity index (χ2n) is 10.6. The number of anilines is 2. The van der Waals surface area contributed by atoms with Gasteiger partial charge in [-0.25, -0.2) is 9.97 Å². The first-order chi connectivity index (χ1) is 16.8. The van der Waals surface area contributed by atoms with Crippen LogP contribution in [-0.2, 0) is 6.42 Å². The number of nitrogens with zero attached hydrogens (tertiary/aromatic N) is 6. The summed E-state index contributed by atoms with van der Waals surface area (Å²) in [5.74, 6) is 4.01. The second-order valence-corrected chi connectivity index (χ2v) is 10.6. The van der Waals surface area contributed by atoms with Crippen molar-refractivity contribution in [2.24, 2.45) is 11.8 Å². The minimum atomic E-state index is 0.628. The number of allylic oxidation sites excluding steroid dienone is 1. The van der Waals surface area contributed by atoms with Crippen molar-refractivity contribution in [2.45, 2.75) is 38.1 Å². The summed E-state index contributed by atoms with van der Waals surface area (Å²) in [5.41, 5.74) is 3.61. The maximum atomic E-state index is 5.17. The molecule has 3 fully saturated rings. The van der Waals surface area contributed by atoms with Crippen LogP contribution in [0.3, 0.4) is 0 Å². The topological polar surface area (TPSA) is 39.9 Å². The summed E-state index contributed by atoms with van der Waals surface area (Å²) in [5, 5.41) is 0. The monoisotopic (exact) mass is 454 g/mol.